The molecule has 0 saturated heterocycles. The molecule has 72 heavy (non-hydrogen) atoms. The first-order chi connectivity index (χ1) is 34.5. The molecule has 1 rings (SSSR count). The molecule has 8 N–H and O–H groups in total. The minimum atomic E-state index is -1.33. The molecule has 1 radical (unpaired) electrons. The average Bonchev–Trinajstić information content (AvgIpc) is 3.85. The lowest BCUT2D eigenvalue weighted by Gasteiger charge is -2.27. The quantitative estimate of drug-likeness (QED) is 0.0380. The van der Waals surface area contributed by atoms with Gasteiger partial charge in [0.1, 0.15) is 18.7 Å². The molecule has 1 heterocycles. The summed E-state index contributed by atoms with van der Waals surface area (Å²) in [5.74, 6) is -4.95. The summed E-state index contributed by atoms with van der Waals surface area (Å²) in [5, 5.41) is 30.2. The number of carboxylic acids is 2. The highest BCUT2D eigenvalue weighted by atomic mass is 16.5. The molecule has 0 unspecified atom stereocenters. The number of unbranched alkanes of at least 4 members (excludes halogenated alkanes) is 13. The first kappa shape index (κ1) is 65.3. The van der Waals surface area contributed by atoms with Gasteiger partial charge in [-0.1, -0.05) is 97.0 Å². The maximum absolute atomic E-state index is 13.0. The topological polar surface area (TPSA) is 297 Å². The van der Waals surface area contributed by atoms with Crippen molar-refractivity contribution < 1.29 is 62.7 Å². The number of aliphatic carboxylic acids is 2. The Morgan fingerprint density at radius 2 is 1.29 bits per heavy atom. The number of nitrogens with one attached hydrogen (secondary N) is 6. The van der Waals surface area contributed by atoms with Crippen molar-refractivity contribution in [2.24, 2.45) is 5.92 Å². The maximum Gasteiger partial charge on any atom is 0.326 e. The average molecular weight is 1020 g/mol. The zero-order valence-corrected chi connectivity index (χ0v) is 43.8. The van der Waals surface area contributed by atoms with Crippen LogP contribution in [-0.2, 0) is 58.9 Å². The number of rotatable bonds is 50. The smallest absolute Gasteiger partial charge is 0.326 e. The fourth-order valence-corrected chi connectivity index (χ4v) is 7.52. The van der Waals surface area contributed by atoms with Crippen LogP contribution in [0.25, 0.3) is 0 Å². The molecule has 0 fully saturated rings. The zero-order chi connectivity index (χ0) is 53.2. The Morgan fingerprint density at radius 1 is 0.681 bits per heavy atom. The molecule has 0 saturated carbocycles. The molecule has 1 aromatic heterocycles. The lowest BCUT2D eigenvalue weighted by molar-refractivity contribution is -0.145. The van der Waals surface area contributed by atoms with E-state index in [1.807, 2.05) is 0 Å². The van der Waals surface area contributed by atoms with Crippen LogP contribution in [-0.4, -0.2) is 145 Å². The number of amides is 3. The van der Waals surface area contributed by atoms with Gasteiger partial charge in [0.05, 0.1) is 57.4 Å². The monoisotopic (exact) mass is 1020 g/mol. The molecule has 20 nitrogen and oxygen atoms in total. The standard InChI is InChI=1S/C52H90N7O13/c1-5-6-7-8-9-10-11-12-13-14-15-16-17-23-48(63)58-45(51(67)68)24-25-47(62)56-27-29-70-31-33-72-38-43(60)22-20-28-69-30-32-71-37-40(2)55-26-19-18-21-41(50(65)66)34-46(61)52(3,4)59-49(64)44(53)35-42-36-54-39-57-42/h36,39,41,44-45,53,55H,2,5-35,37-38H2,1,3-4H3,(H,54,57)(H,56,62)(H,58,63)(H,59,64)(H,65,66)(H,67,68)/t41-,44+,45+/m1/s1. The summed E-state index contributed by atoms with van der Waals surface area (Å²) in [6.45, 7) is 11.8. The third kappa shape index (κ3) is 35.4. The predicted molar refractivity (Wildman–Crippen MR) is 273 cm³/mol. The van der Waals surface area contributed by atoms with Gasteiger partial charge >= 0.3 is 11.9 Å². The van der Waals surface area contributed by atoms with Gasteiger partial charge in [0.2, 0.25) is 17.7 Å². The van der Waals surface area contributed by atoms with Crippen LogP contribution in [0.2, 0.25) is 0 Å². The number of ketones is 2. The van der Waals surface area contributed by atoms with Gasteiger partial charge in [0.15, 0.2) is 11.6 Å². The molecule has 0 bridgehead atoms. The molecule has 3 atom stereocenters. The second-order valence-electron chi connectivity index (χ2n) is 18.9. The number of carbonyl (C=O) groups excluding carboxylic acids is 5. The van der Waals surface area contributed by atoms with Crippen molar-refractivity contribution in [2.75, 3.05) is 65.9 Å². The van der Waals surface area contributed by atoms with Crippen LogP contribution in [0, 0.1) is 5.92 Å². The summed E-state index contributed by atoms with van der Waals surface area (Å²) in [4.78, 5) is 92.6. The minimum Gasteiger partial charge on any atom is -0.481 e. The highest BCUT2D eigenvalue weighted by Gasteiger charge is 2.34. The number of H-pyrrole nitrogens is 1. The van der Waals surface area contributed by atoms with Crippen molar-refractivity contribution >= 4 is 41.2 Å². The summed E-state index contributed by atoms with van der Waals surface area (Å²) < 4.78 is 21.9. The number of ether oxygens (including phenoxy) is 4. The highest BCUT2D eigenvalue weighted by molar-refractivity contribution is 5.95. The number of carbonyl (C=O) groups is 7. The van der Waals surface area contributed by atoms with E-state index in [-0.39, 0.29) is 95.7 Å². The fraction of sp³-hybridized carbons (Fsp3) is 0.769. The van der Waals surface area contributed by atoms with Crippen LogP contribution >= 0.6 is 0 Å². The number of aromatic nitrogens is 2. The van der Waals surface area contributed by atoms with Gasteiger partial charge in [-0.2, -0.15) is 0 Å². The van der Waals surface area contributed by atoms with Crippen molar-refractivity contribution in [3.05, 3.63) is 30.5 Å². The van der Waals surface area contributed by atoms with Crippen LogP contribution < -0.4 is 27.0 Å². The fourth-order valence-electron chi connectivity index (χ4n) is 7.52. The third-order valence-electron chi connectivity index (χ3n) is 12.0. The van der Waals surface area contributed by atoms with Gasteiger partial charge in [-0.15, -0.1) is 0 Å². The Labute approximate surface area is 428 Å². The van der Waals surface area contributed by atoms with Gasteiger partial charge < -0.3 is 55.4 Å². The van der Waals surface area contributed by atoms with E-state index in [0.717, 1.165) is 19.3 Å². The van der Waals surface area contributed by atoms with E-state index in [9.17, 15) is 43.8 Å². The number of carboxylic acid groups (broad SMARTS) is 2. The Kier molecular flexibility index (Phi) is 37.8. The van der Waals surface area contributed by atoms with Crippen LogP contribution in [0.1, 0.15) is 168 Å². The summed E-state index contributed by atoms with van der Waals surface area (Å²) in [7, 11) is 0. The van der Waals surface area contributed by atoms with Crippen molar-refractivity contribution in [1.82, 2.24) is 37.0 Å². The van der Waals surface area contributed by atoms with Crippen LogP contribution in [0.5, 0.6) is 0 Å². The second kappa shape index (κ2) is 41.7. The van der Waals surface area contributed by atoms with Crippen LogP contribution in [0.3, 0.4) is 0 Å². The van der Waals surface area contributed by atoms with E-state index in [4.69, 9.17) is 24.7 Å². The summed E-state index contributed by atoms with van der Waals surface area (Å²) in [5.41, 5.74) is 8.03. The van der Waals surface area contributed by atoms with Crippen molar-refractivity contribution in [1.29, 1.82) is 0 Å². The third-order valence-corrected chi connectivity index (χ3v) is 12.0. The van der Waals surface area contributed by atoms with Gasteiger partial charge in [-0.3, -0.25) is 28.8 Å². The molecule has 20 heteroatoms. The Hall–Kier alpha value is -4.76. The first-order valence-corrected chi connectivity index (χ1v) is 26.3. The zero-order valence-electron chi connectivity index (χ0n) is 43.8. The summed E-state index contributed by atoms with van der Waals surface area (Å²) in [6, 6.07) is -2.28. The number of hydrogen-bond acceptors (Lipinski definition) is 13. The van der Waals surface area contributed by atoms with Gasteiger partial charge in [-0.25, -0.2) is 15.5 Å². The van der Waals surface area contributed by atoms with Gasteiger partial charge in [0.25, 0.3) is 0 Å². The summed E-state index contributed by atoms with van der Waals surface area (Å²) in [6.07, 6.45) is 20.9. The normalized spacial score (nSPS) is 12.7. The van der Waals surface area contributed by atoms with E-state index < -0.39 is 47.2 Å². The van der Waals surface area contributed by atoms with E-state index in [2.05, 4.69) is 44.7 Å². The lowest BCUT2D eigenvalue weighted by Crippen LogP contribution is -2.54. The Morgan fingerprint density at radius 3 is 1.90 bits per heavy atom. The van der Waals surface area contributed by atoms with E-state index >= 15 is 0 Å². The van der Waals surface area contributed by atoms with Crippen LogP contribution in [0.4, 0.5) is 0 Å². The summed E-state index contributed by atoms with van der Waals surface area (Å²) >= 11 is 0. The molecule has 0 aliphatic rings. The molecular weight excluding hydrogens is 931 g/mol. The Balaban J connectivity index is 2.00. The van der Waals surface area contributed by atoms with Crippen molar-refractivity contribution in [3.63, 3.8) is 0 Å². The molecule has 0 spiro atoms. The molecular formula is C52H90N7O13. The highest BCUT2D eigenvalue weighted by Crippen LogP contribution is 2.19. The van der Waals surface area contributed by atoms with Crippen molar-refractivity contribution in [3.8, 4) is 0 Å². The van der Waals surface area contributed by atoms with E-state index in [0.29, 0.717) is 69.9 Å². The number of imidazole rings is 1. The molecule has 0 aliphatic carbocycles. The number of hydrogen-bond donors (Lipinski definition) is 7. The largest absolute Gasteiger partial charge is 0.481 e. The van der Waals surface area contributed by atoms with Crippen LogP contribution in [0.15, 0.2) is 24.8 Å². The van der Waals surface area contributed by atoms with Gasteiger partial charge in [-0.05, 0) is 46.0 Å². The number of nitrogens with zero attached hydrogens (tertiary/aromatic N) is 1. The lowest BCUT2D eigenvalue weighted by atomic mass is 9.88. The minimum absolute atomic E-state index is 0.0138. The Bertz CT molecular complexity index is 1680. The molecule has 411 valence electrons. The molecule has 1 aromatic rings. The maximum atomic E-state index is 13.0. The second-order valence-corrected chi connectivity index (χ2v) is 18.9. The SMILES string of the molecule is C=C(COCCOCCCC(=O)COCCOCCNC(=O)CC[C@H](NC(=O)CCCCCCCCCCCCCCC)C(=O)O)NCCCC[C@H](CC(=O)C(C)(C)NC(=O)[C@@H]([NH])Cc1cnc[nH]1)C(=O)O. The molecule has 0 aliphatic heterocycles. The first-order valence-electron chi connectivity index (χ1n) is 26.3. The molecule has 0 aromatic carbocycles. The van der Waals surface area contributed by atoms with Gasteiger partial charge in [0, 0.05) is 69.4 Å². The van der Waals surface area contributed by atoms with E-state index in [1.54, 1.807) is 0 Å². The molecule has 3 amide bonds. The predicted octanol–water partition coefficient (Wildman–Crippen LogP) is 5.79. The van der Waals surface area contributed by atoms with E-state index in [1.165, 1.54) is 84.2 Å². The number of aromatic amines is 1. The van der Waals surface area contributed by atoms with Crippen molar-refractivity contribution in [2.45, 2.75) is 186 Å². The number of Topliss-reactive ketones (excluding diaryl/α,β-unsaturated/α-hetero) is 2.